The van der Waals surface area contributed by atoms with Crippen molar-refractivity contribution < 1.29 is 0 Å². The van der Waals surface area contributed by atoms with E-state index in [1.807, 2.05) is 24.3 Å². The number of para-hydroxylation sites is 7. The third-order valence-corrected chi connectivity index (χ3v) is 16.4. The summed E-state index contributed by atoms with van der Waals surface area (Å²) in [5, 5.41) is 3.40. The van der Waals surface area contributed by atoms with Gasteiger partial charge in [-0.3, -0.25) is 0 Å². The number of aromatic nitrogens is 1. The van der Waals surface area contributed by atoms with E-state index in [0.29, 0.717) is 10.0 Å². The second-order valence-electron chi connectivity index (χ2n) is 20.8. The number of hydrogen-bond acceptors (Lipinski definition) is 4. The predicted octanol–water partition coefficient (Wildman–Crippen LogP) is 23.3. The highest BCUT2D eigenvalue weighted by atomic mass is 35.5. The van der Waals surface area contributed by atoms with Crippen LogP contribution in [0.4, 0.5) is 68.2 Å². The van der Waals surface area contributed by atoms with Gasteiger partial charge in [0, 0.05) is 62.0 Å². The lowest BCUT2D eigenvalue weighted by atomic mass is 10.0. The summed E-state index contributed by atoms with van der Waals surface area (Å²) in [6, 6.07) is 117. The van der Waals surface area contributed by atoms with Crippen LogP contribution in [-0.4, -0.2) is 4.57 Å². The van der Waals surface area contributed by atoms with E-state index in [0.717, 1.165) is 118 Å². The van der Waals surface area contributed by atoms with Gasteiger partial charge in [0.05, 0.1) is 43.8 Å². The molecule has 13 aromatic carbocycles. The van der Waals surface area contributed by atoms with Gasteiger partial charge in [-0.1, -0.05) is 223 Å². The van der Waals surface area contributed by atoms with Crippen LogP contribution in [0.5, 0.6) is 0 Å². The lowest BCUT2D eigenvalue weighted by Gasteiger charge is -2.32. The van der Waals surface area contributed by atoms with Gasteiger partial charge in [-0.15, -0.1) is 0 Å². The third kappa shape index (κ3) is 10.2. The summed E-state index contributed by atoms with van der Waals surface area (Å²) in [5.74, 6) is 0. The molecule has 5 nitrogen and oxygen atoms in total. The number of hydrogen-bond donors (Lipinski definition) is 0. The maximum absolute atomic E-state index is 8.05. The van der Waals surface area contributed by atoms with Crippen molar-refractivity contribution in [2.45, 2.75) is 0 Å². The molecule has 0 radical (unpaired) electrons. The van der Waals surface area contributed by atoms with Gasteiger partial charge in [0.2, 0.25) is 0 Å². The van der Waals surface area contributed by atoms with Crippen LogP contribution in [0, 0.1) is 0 Å². The van der Waals surface area contributed by atoms with Crippen molar-refractivity contribution in [1.82, 2.24) is 4.57 Å². The second-order valence-corrected chi connectivity index (χ2v) is 21.6. The Kier molecular flexibility index (Phi) is 14.4. The number of anilines is 12. The van der Waals surface area contributed by atoms with Crippen LogP contribution in [0.2, 0.25) is 10.0 Å². The number of rotatable bonds is 15. The molecule has 1 aromatic heterocycles. The molecule has 14 rings (SSSR count). The molecule has 0 amide bonds. The van der Waals surface area contributed by atoms with E-state index in [1.54, 1.807) is 0 Å². The molecule has 0 aliphatic heterocycles. The Morgan fingerprint density at radius 1 is 0.212 bits per heavy atom. The van der Waals surface area contributed by atoms with E-state index < -0.39 is 0 Å². The topological polar surface area (TPSA) is 17.9 Å². The van der Waals surface area contributed by atoms with E-state index in [1.165, 1.54) is 0 Å². The van der Waals surface area contributed by atoms with Gasteiger partial charge in [0.25, 0.3) is 0 Å². The monoisotopic (exact) mass is 1130 g/mol. The third-order valence-electron chi connectivity index (χ3n) is 15.6. The first-order chi connectivity index (χ1) is 42.0. The van der Waals surface area contributed by atoms with E-state index >= 15 is 0 Å². The van der Waals surface area contributed by atoms with Crippen molar-refractivity contribution in [3.8, 4) is 27.9 Å². The zero-order valence-electron chi connectivity index (χ0n) is 46.2. The van der Waals surface area contributed by atoms with Crippen LogP contribution >= 0.6 is 23.2 Å². The average molecular weight is 1130 g/mol. The Hall–Kier alpha value is -10.6. The number of nitrogens with zero attached hydrogens (tertiary/aromatic N) is 5. The summed E-state index contributed by atoms with van der Waals surface area (Å²) in [6.07, 6.45) is 0. The van der Waals surface area contributed by atoms with Gasteiger partial charge < -0.3 is 24.2 Å². The number of halogens is 2. The Labute approximate surface area is 505 Å². The molecule has 0 bridgehead atoms. The maximum atomic E-state index is 8.05. The van der Waals surface area contributed by atoms with Crippen molar-refractivity contribution in [1.29, 1.82) is 0 Å². The SMILES string of the molecule is Clc1c(N(c2ccccc2)c2ccccc2)cc(-c2ccccc2)cc1N(c1ccccc1)c1ccc2c3ccc(N(c4ccccc4)c4cc(-c5ccccc5)cc(N(c5ccccc5)c5ccccc5)c4Cl)cc3n(-c3ccccc3)c2c1. The number of benzene rings is 13. The van der Waals surface area contributed by atoms with E-state index in [9.17, 15) is 0 Å². The second kappa shape index (κ2) is 23.4. The fourth-order valence-electron chi connectivity index (χ4n) is 11.7. The largest absolute Gasteiger partial charge is 0.309 e. The highest BCUT2D eigenvalue weighted by Gasteiger charge is 2.28. The smallest absolute Gasteiger partial charge is 0.0887 e. The molecule has 14 aromatic rings. The Morgan fingerprint density at radius 2 is 0.447 bits per heavy atom. The first kappa shape index (κ1) is 52.5. The van der Waals surface area contributed by atoms with Gasteiger partial charge >= 0.3 is 0 Å². The molecule has 1 heterocycles. The van der Waals surface area contributed by atoms with Crippen LogP contribution in [-0.2, 0) is 0 Å². The molecule has 0 saturated heterocycles. The van der Waals surface area contributed by atoms with Crippen LogP contribution in [0.1, 0.15) is 0 Å². The standard InChI is InChI=1S/C78H55Cl2N5/c79-77-73(81(60-32-14-3-15-33-60)61-34-16-4-17-35-61)50-58(56-28-10-1-11-29-56)52-75(77)83(64-40-22-7-23-41-64)67-46-48-69-70-49-47-68(55-72(70)85(71(69)54-67)66-44-26-9-27-45-66)84(65-42-24-8-25-43-65)76-53-59(57-30-12-2-13-31-57)51-74(78(76)80)82(62-36-18-5-19-37-62)63-38-20-6-21-39-63/h1-55H. The van der Waals surface area contributed by atoms with Gasteiger partial charge in [0.15, 0.2) is 0 Å². The summed E-state index contributed by atoms with van der Waals surface area (Å²) in [6.45, 7) is 0. The summed E-state index contributed by atoms with van der Waals surface area (Å²) >= 11 is 16.1. The molecule has 85 heavy (non-hydrogen) atoms. The summed E-state index contributed by atoms with van der Waals surface area (Å²) < 4.78 is 2.39. The van der Waals surface area contributed by atoms with Crippen LogP contribution in [0.3, 0.4) is 0 Å². The fourth-order valence-corrected chi connectivity index (χ4v) is 12.3. The highest BCUT2D eigenvalue weighted by molar-refractivity contribution is 6.37. The van der Waals surface area contributed by atoms with Gasteiger partial charge in [0.1, 0.15) is 0 Å². The molecule has 0 N–H and O–H groups in total. The molecule has 0 unspecified atom stereocenters. The predicted molar refractivity (Wildman–Crippen MR) is 360 cm³/mol. The molecule has 7 heteroatoms. The zero-order chi connectivity index (χ0) is 57.1. The molecule has 406 valence electrons. The quantitative estimate of drug-likeness (QED) is 0.102. The van der Waals surface area contributed by atoms with E-state index in [2.05, 4.69) is 334 Å². The number of fused-ring (bicyclic) bond motifs is 3. The van der Waals surface area contributed by atoms with Crippen molar-refractivity contribution in [2.24, 2.45) is 0 Å². The zero-order valence-corrected chi connectivity index (χ0v) is 47.8. The Morgan fingerprint density at radius 3 is 0.718 bits per heavy atom. The molecule has 0 atom stereocenters. The Balaban J connectivity index is 0.998. The minimum absolute atomic E-state index is 0.597. The Bertz CT molecular complexity index is 4240. The van der Waals surface area contributed by atoms with Crippen molar-refractivity contribution in [2.75, 3.05) is 19.6 Å². The van der Waals surface area contributed by atoms with Gasteiger partial charge in [-0.2, -0.15) is 0 Å². The van der Waals surface area contributed by atoms with Crippen molar-refractivity contribution in [3.05, 3.63) is 344 Å². The molecule has 0 aliphatic rings. The molecule has 0 fully saturated rings. The van der Waals surface area contributed by atoms with Crippen molar-refractivity contribution >= 4 is 113 Å². The minimum Gasteiger partial charge on any atom is -0.309 e. The van der Waals surface area contributed by atoms with Crippen LogP contribution < -0.4 is 19.6 Å². The van der Waals surface area contributed by atoms with Crippen LogP contribution in [0.15, 0.2) is 334 Å². The van der Waals surface area contributed by atoms with Crippen molar-refractivity contribution in [3.63, 3.8) is 0 Å². The molecule has 0 saturated carbocycles. The first-order valence-corrected chi connectivity index (χ1v) is 29.2. The first-order valence-electron chi connectivity index (χ1n) is 28.5. The molecule has 0 aliphatic carbocycles. The lowest BCUT2D eigenvalue weighted by molar-refractivity contribution is 1.17. The summed E-state index contributed by atoms with van der Waals surface area (Å²) in [4.78, 5) is 9.11. The molecular formula is C78H55Cl2N5. The normalized spacial score (nSPS) is 11.2. The van der Waals surface area contributed by atoms with Gasteiger partial charge in [-0.05, 0) is 156 Å². The van der Waals surface area contributed by atoms with E-state index in [-0.39, 0.29) is 0 Å². The fraction of sp³-hybridized carbons (Fsp3) is 0. The van der Waals surface area contributed by atoms with E-state index in [4.69, 9.17) is 23.2 Å². The van der Waals surface area contributed by atoms with Crippen LogP contribution in [0.25, 0.3) is 49.7 Å². The molecular weight excluding hydrogens is 1080 g/mol. The minimum atomic E-state index is 0.597. The maximum Gasteiger partial charge on any atom is 0.0887 e. The van der Waals surface area contributed by atoms with Gasteiger partial charge in [-0.25, -0.2) is 0 Å². The molecule has 0 spiro atoms. The summed E-state index contributed by atoms with van der Waals surface area (Å²) in [5.41, 5.74) is 18.4. The summed E-state index contributed by atoms with van der Waals surface area (Å²) in [7, 11) is 0. The highest BCUT2D eigenvalue weighted by Crippen LogP contribution is 2.52. The lowest BCUT2D eigenvalue weighted by Crippen LogP contribution is -2.15. The average Bonchev–Trinajstić information content (AvgIpc) is 2.02.